The number of fused-ring (bicyclic) bond motifs is 1. The van der Waals surface area contributed by atoms with Crippen LogP contribution in [-0.4, -0.2) is 43.1 Å². The van der Waals surface area contributed by atoms with Crippen LogP contribution in [0.2, 0.25) is 0 Å². The number of nitro groups is 1. The van der Waals surface area contributed by atoms with Crippen molar-refractivity contribution in [3.05, 3.63) is 117 Å². The first-order valence-electron chi connectivity index (χ1n) is 12.6. The van der Waals surface area contributed by atoms with Crippen molar-refractivity contribution in [1.29, 1.82) is 0 Å². The summed E-state index contributed by atoms with van der Waals surface area (Å²) in [6.07, 6.45) is 7.87. The van der Waals surface area contributed by atoms with E-state index in [9.17, 15) is 20.0 Å². The first-order valence-corrected chi connectivity index (χ1v) is 12.6. The molecule has 1 amide bonds. The van der Waals surface area contributed by atoms with Crippen molar-refractivity contribution in [3.63, 3.8) is 0 Å². The van der Waals surface area contributed by atoms with Crippen molar-refractivity contribution < 1.29 is 14.8 Å². The summed E-state index contributed by atoms with van der Waals surface area (Å²) in [4.78, 5) is 37.0. The standard InChI is InChI=1S/C30H26N6O4/c1-19(37)32-15-14-21-2-7-22(8-3-21)29(28-26-16-25(36(39)40)12-13-27(26)35-30(28)38)34-23-9-4-20(5-10-23)6-11-24-17-31-18-33-24/h2-13,16-18,35,38H,14-15H2,1H3,(H,31,33)(H,32,37). The number of nitrogens with zero attached hydrogens (tertiary/aromatic N) is 3. The lowest BCUT2D eigenvalue weighted by Gasteiger charge is -2.10. The molecule has 10 nitrogen and oxygen atoms in total. The Morgan fingerprint density at radius 3 is 2.55 bits per heavy atom. The van der Waals surface area contributed by atoms with Crippen molar-refractivity contribution >= 4 is 46.0 Å². The summed E-state index contributed by atoms with van der Waals surface area (Å²) in [6, 6.07) is 19.6. The number of aromatic nitrogens is 3. The summed E-state index contributed by atoms with van der Waals surface area (Å²) in [5, 5.41) is 25.7. The molecule has 0 radical (unpaired) electrons. The molecule has 3 aromatic carbocycles. The van der Waals surface area contributed by atoms with E-state index in [0.29, 0.717) is 46.4 Å². The molecule has 0 bridgehead atoms. The van der Waals surface area contributed by atoms with Gasteiger partial charge in [-0.15, -0.1) is 0 Å². The Bertz CT molecular complexity index is 1720. The molecule has 40 heavy (non-hydrogen) atoms. The molecule has 4 N–H and O–H groups in total. The lowest BCUT2D eigenvalue weighted by molar-refractivity contribution is -0.384. The average molecular weight is 535 g/mol. The zero-order valence-corrected chi connectivity index (χ0v) is 21.6. The number of aromatic hydroxyl groups is 1. The van der Waals surface area contributed by atoms with Crippen molar-refractivity contribution in [3.8, 4) is 5.88 Å². The van der Waals surface area contributed by atoms with Crippen LogP contribution in [0, 0.1) is 10.1 Å². The molecule has 0 aliphatic heterocycles. The number of non-ortho nitro benzene ring substituents is 1. The predicted molar refractivity (Wildman–Crippen MR) is 155 cm³/mol. The Kier molecular flexibility index (Phi) is 7.49. The molecule has 5 rings (SSSR count). The minimum Gasteiger partial charge on any atom is -0.494 e. The van der Waals surface area contributed by atoms with Crippen LogP contribution in [0.4, 0.5) is 11.4 Å². The third kappa shape index (κ3) is 5.97. The molecule has 0 aliphatic rings. The maximum Gasteiger partial charge on any atom is 0.270 e. The predicted octanol–water partition coefficient (Wildman–Crippen LogP) is 5.52. The molecule has 200 valence electrons. The fourth-order valence-electron chi connectivity index (χ4n) is 4.33. The maximum absolute atomic E-state index is 11.5. The van der Waals surface area contributed by atoms with E-state index >= 15 is 0 Å². The Balaban J connectivity index is 1.55. The third-order valence-electron chi connectivity index (χ3n) is 6.33. The van der Waals surface area contributed by atoms with Gasteiger partial charge in [0.05, 0.1) is 40.1 Å². The highest BCUT2D eigenvalue weighted by molar-refractivity contribution is 6.22. The number of carbonyl (C=O) groups excluding carboxylic acids is 1. The number of rotatable bonds is 9. The van der Waals surface area contributed by atoms with Crippen LogP contribution < -0.4 is 5.32 Å². The molecule has 0 spiro atoms. The van der Waals surface area contributed by atoms with Gasteiger partial charge in [-0.3, -0.25) is 14.9 Å². The van der Waals surface area contributed by atoms with Crippen LogP contribution in [0.3, 0.4) is 0 Å². The zero-order chi connectivity index (χ0) is 28.1. The number of hydrogen-bond donors (Lipinski definition) is 4. The lowest BCUT2D eigenvalue weighted by Crippen LogP contribution is -2.22. The topological polar surface area (TPSA) is 149 Å². The Morgan fingerprint density at radius 1 is 1.10 bits per heavy atom. The van der Waals surface area contributed by atoms with Crippen LogP contribution in [-0.2, 0) is 11.2 Å². The molecule has 2 aromatic heterocycles. The number of hydrogen-bond acceptors (Lipinski definition) is 6. The molecular formula is C30H26N6O4. The van der Waals surface area contributed by atoms with Gasteiger partial charge >= 0.3 is 0 Å². The maximum atomic E-state index is 11.5. The van der Waals surface area contributed by atoms with Gasteiger partial charge < -0.3 is 20.4 Å². The molecule has 0 saturated heterocycles. The first kappa shape index (κ1) is 26.1. The SMILES string of the molecule is CC(=O)NCCc1ccc(C(=Nc2ccc(C=Cc3cnc[nH]3)cc2)c2c(O)[nH]c3ccc([N+](=O)[O-])cc23)cc1. The number of nitrogens with one attached hydrogen (secondary N) is 3. The van der Waals surface area contributed by atoms with Gasteiger partial charge in [0.1, 0.15) is 0 Å². The highest BCUT2D eigenvalue weighted by Crippen LogP contribution is 2.33. The number of imidazole rings is 1. The van der Waals surface area contributed by atoms with Gasteiger partial charge in [-0.05, 0) is 41.8 Å². The summed E-state index contributed by atoms with van der Waals surface area (Å²) in [6.45, 7) is 2.00. The number of aromatic amines is 2. The van der Waals surface area contributed by atoms with E-state index in [4.69, 9.17) is 4.99 Å². The van der Waals surface area contributed by atoms with Crippen molar-refractivity contribution in [1.82, 2.24) is 20.3 Å². The van der Waals surface area contributed by atoms with Gasteiger partial charge in [0, 0.05) is 42.1 Å². The summed E-state index contributed by atoms with van der Waals surface area (Å²) in [5.41, 5.74) is 5.51. The number of carbonyl (C=O) groups is 1. The number of aliphatic imine (C=N–C) groups is 1. The quantitative estimate of drug-likeness (QED) is 0.112. The second kappa shape index (κ2) is 11.5. The number of nitro benzene ring substituents is 1. The summed E-state index contributed by atoms with van der Waals surface area (Å²) < 4.78 is 0. The minimum atomic E-state index is -0.469. The average Bonchev–Trinajstić information content (AvgIpc) is 3.58. The Labute approximate surface area is 229 Å². The summed E-state index contributed by atoms with van der Waals surface area (Å²) >= 11 is 0. The zero-order valence-electron chi connectivity index (χ0n) is 21.6. The molecule has 0 unspecified atom stereocenters. The van der Waals surface area contributed by atoms with E-state index in [1.54, 1.807) is 18.6 Å². The van der Waals surface area contributed by atoms with Crippen molar-refractivity contribution in [2.45, 2.75) is 13.3 Å². The van der Waals surface area contributed by atoms with Gasteiger partial charge in [0.15, 0.2) is 5.88 Å². The molecule has 10 heteroatoms. The smallest absolute Gasteiger partial charge is 0.270 e. The molecule has 5 aromatic rings. The van der Waals surface area contributed by atoms with Gasteiger partial charge in [0.2, 0.25) is 5.91 Å². The van der Waals surface area contributed by atoms with E-state index in [1.807, 2.05) is 60.7 Å². The van der Waals surface area contributed by atoms with Gasteiger partial charge in [-0.2, -0.15) is 0 Å². The summed E-state index contributed by atoms with van der Waals surface area (Å²) in [5.74, 6) is -0.221. The highest BCUT2D eigenvalue weighted by atomic mass is 16.6. The Morgan fingerprint density at radius 2 is 1.88 bits per heavy atom. The van der Waals surface area contributed by atoms with Crippen molar-refractivity contribution in [2.24, 2.45) is 4.99 Å². The van der Waals surface area contributed by atoms with E-state index in [2.05, 4.69) is 20.3 Å². The number of H-pyrrole nitrogens is 2. The number of amides is 1. The van der Waals surface area contributed by atoms with Crippen LogP contribution in [0.15, 0.2) is 84.2 Å². The molecule has 0 aliphatic carbocycles. The fourth-order valence-corrected chi connectivity index (χ4v) is 4.33. The van der Waals surface area contributed by atoms with Crippen LogP contribution in [0.5, 0.6) is 5.88 Å². The molecule has 0 atom stereocenters. The van der Waals surface area contributed by atoms with Gasteiger partial charge in [0.25, 0.3) is 5.69 Å². The van der Waals surface area contributed by atoms with Gasteiger partial charge in [-0.25, -0.2) is 9.98 Å². The molecular weight excluding hydrogens is 508 g/mol. The first-order chi connectivity index (χ1) is 19.4. The second-order valence-corrected chi connectivity index (χ2v) is 9.16. The van der Waals surface area contributed by atoms with Crippen LogP contribution in [0.25, 0.3) is 23.1 Å². The van der Waals surface area contributed by atoms with Crippen LogP contribution in [0.1, 0.15) is 34.9 Å². The Hall–Kier alpha value is -5.51. The van der Waals surface area contributed by atoms with E-state index in [0.717, 1.165) is 16.8 Å². The van der Waals surface area contributed by atoms with E-state index in [-0.39, 0.29) is 17.5 Å². The number of benzene rings is 3. The van der Waals surface area contributed by atoms with Gasteiger partial charge in [-0.1, -0.05) is 42.5 Å². The van der Waals surface area contributed by atoms with Crippen LogP contribution >= 0.6 is 0 Å². The molecule has 0 fully saturated rings. The second-order valence-electron chi connectivity index (χ2n) is 9.16. The normalized spacial score (nSPS) is 11.8. The van der Waals surface area contributed by atoms with E-state index < -0.39 is 4.92 Å². The van der Waals surface area contributed by atoms with Crippen molar-refractivity contribution in [2.75, 3.05) is 6.54 Å². The highest BCUT2D eigenvalue weighted by Gasteiger charge is 2.21. The lowest BCUT2D eigenvalue weighted by atomic mass is 9.98. The largest absolute Gasteiger partial charge is 0.494 e. The molecule has 0 saturated carbocycles. The fraction of sp³-hybridized carbons (Fsp3) is 0.100. The third-order valence-corrected chi connectivity index (χ3v) is 6.33. The minimum absolute atomic E-state index is 0.0854. The van der Waals surface area contributed by atoms with E-state index in [1.165, 1.54) is 19.1 Å². The summed E-state index contributed by atoms with van der Waals surface area (Å²) in [7, 11) is 0. The monoisotopic (exact) mass is 534 g/mol. The molecule has 2 heterocycles.